The van der Waals surface area contributed by atoms with Gasteiger partial charge < -0.3 is 20.4 Å². The molecule has 0 atom stereocenters. The van der Waals surface area contributed by atoms with E-state index in [0.29, 0.717) is 16.7 Å². The molecule has 4 N–H and O–H groups in total. The van der Waals surface area contributed by atoms with Gasteiger partial charge in [0.05, 0.1) is 0 Å². The fraction of sp³-hybridized carbons (Fsp3) is 0.130. The first-order valence-corrected chi connectivity index (χ1v) is 8.89. The summed E-state index contributed by atoms with van der Waals surface area (Å²) in [5, 5.41) is 40.4. The number of hydrogen-bond acceptors (Lipinski definition) is 4. The molecule has 0 aromatic heterocycles. The highest BCUT2D eigenvalue weighted by atomic mass is 16.4. The normalized spacial score (nSPS) is 10.9. The van der Waals surface area contributed by atoms with Crippen LogP contribution in [0.1, 0.15) is 54.5 Å². The van der Waals surface area contributed by atoms with Gasteiger partial charge in [0.25, 0.3) is 0 Å². The molecule has 0 unspecified atom stereocenters. The smallest absolute Gasteiger partial charge is 0.339 e. The fourth-order valence-corrected chi connectivity index (χ4v) is 3.55. The third kappa shape index (κ3) is 3.78. The van der Waals surface area contributed by atoms with Crippen molar-refractivity contribution in [2.24, 2.45) is 0 Å². The van der Waals surface area contributed by atoms with Crippen molar-refractivity contribution in [3.05, 3.63) is 93.5 Å². The Hall–Kier alpha value is -3.80. The largest absolute Gasteiger partial charge is 0.507 e. The summed E-state index contributed by atoms with van der Waals surface area (Å²) < 4.78 is 0. The van der Waals surface area contributed by atoms with Crippen molar-refractivity contribution in [1.82, 2.24) is 0 Å². The molecule has 0 saturated carbocycles. The van der Waals surface area contributed by atoms with Crippen LogP contribution in [0.2, 0.25) is 0 Å². The highest BCUT2D eigenvalue weighted by molar-refractivity contribution is 5.93. The zero-order valence-electron chi connectivity index (χ0n) is 15.9. The average molecular weight is 392 g/mol. The maximum Gasteiger partial charge on any atom is 0.339 e. The molecule has 0 radical (unpaired) electrons. The molecule has 0 amide bonds. The number of aryl methyl sites for hydroxylation is 2. The van der Waals surface area contributed by atoms with Crippen LogP contribution in [0.5, 0.6) is 11.5 Å². The molecule has 0 saturated heterocycles. The molecule has 0 heterocycles. The summed E-state index contributed by atoms with van der Waals surface area (Å²) in [6, 6.07) is 14.9. The minimum atomic E-state index is -1.28. The van der Waals surface area contributed by atoms with Gasteiger partial charge >= 0.3 is 11.9 Å². The molecule has 0 bridgehead atoms. The number of aromatic carboxylic acids is 2. The van der Waals surface area contributed by atoms with E-state index in [-0.39, 0.29) is 22.3 Å². The summed E-state index contributed by atoms with van der Waals surface area (Å²) in [6.07, 6.45) is 0. The molecule has 6 heteroatoms. The number of carboxylic acids is 2. The first kappa shape index (κ1) is 19.9. The van der Waals surface area contributed by atoms with E-state index < -0.39 is 29.4 Å². The molecule has 3 aromatic rings. The van der Waals surface area contributed by atoms with Crippen molar-refractivity contribution in [3.63, 3.8) is 0 Å². The first-order valence-electron chi connectivity index (χ1n) is 8.89. The molecule has 0 aliphatic carbocycles. The Bertz CT molecular complexity index is 1030. The molecule has 0 fully saturated rings. The van der Waals surface area contributed by atoms with E-state index in [4.69, 9.17) is 0 Å². The van der Waals surface area contributed by atoms with Crippen molar-refractivity contribution >= 4 is 11.9 Å². The summed E-state index contributed by atoms with van der Waals surface area (Å²) in [5.41, 5.74) is 1.92. The molecule has 3 aromatic carbocycles. The van der Waals surface area contributed by atoms with Gasteiger partial charge in [-0.2, -0.15) is 0 Å². The Morgan fingerprint density at radius 1 is 0.724 bits per heavy atom. The van der Waals surface area contributed by atoms with Gasteiger partial charge in [-0.1, -0.05) is 42.5 Å². The van der Waals surface area contributed by atoms with Crippen LogP contribution < -0.4 is 0 Å². The Kier molecular flexibility index (Phi) is 5.28. The lowest BCUT2D eigenvalue weighted by Crippen LogP contribution is -2.10. The van der Waals surface area contributed by atoms with Crippen molar-refractivity contribution in [3.8, 4) is 11.5 Å². The maximum atomic E-state index is 11.6. The zero-order chi connectivity index (χ0) is 21.3. The highest BCUT2D eigenvalue weighted by Crippen LogP contribution is 2.43. The molecule has 29 heavy (non-hydrogen) atoms. The standard InChI is InChI=1S/C23H20O6/c1-12-8-15(20(24)17(10-12)22(26)27)19(14-6-4-3-5-7-14)16-9-13(2)11-18(21(16)25)23(28)29/h3-11,19,24-25H,1-2H3,(H,26,27)(H,28,29). The van der Waals surface area contributed by atoms with Gasteiger partial charge in [-0.25, -0.2) is 9.59 Å². The summed E-state index contributed by atoms with van der Waals surface area (Å²) in [6.45, 7) is 3.41. The minimum absolute atomic E-state index is 0.258. The molecule has 148 valence electrons. The van der Waals surface area contributed by atoms with Crippen LogP contribution in [0.3, 0.4) is 0 Å². The second kappa shape index (κ2) is 7.67. The maximum absolute atomic E-state index is 11.6. The molecule has 0 aliphatic heterocycles. The molecule has 3 rings (SSSR count). The van der Waals surface area contributed by atoms with Gasteiger partial charge in [-0.3, -0.25) is 0 Å². The quantitative estimate of drug-likeness (QED) is 0.482. The zero-order valence-corrected chi connectivity index (χ0v) is 15.9. The highest BCUT2D eigenvalue weighted by Gasteiger charge is 2.28. The summed E-state index contributed by atoms with van der Waals surface area (Å²) in [7, 11) is 0. The number of aromatic hydroxyl groups is 2. The van der Waals surface area contributed by atoms with E-state index in [0.717, 1.165) is 0 Å². The lowest BCUT2D eigenvalue weighted by Gasteiger charge is -2.23. The van der Waals surface area contributed by atoms with E-state index in [1.165, 1.54) is 12.1 Å². The fourth-order valence-electron chi connectivity index (χ4n) is 3.55. The average Bonchev–Trinajstić information content (AvgIpc) is 2.67. The Balaban J connectivity index is 2.39. The van der Waals surface area contributed by atoms with E-state index >= 15 is 0 Å². The lowest BCUT2D eigenvalue weighted by atomic mass is 9.81. The van der Waals surface area contributed by atoms with Crippen LogP contribution in [-0.4, -0.2) is 32.4 Å². The van der Waals surface area contributed by atoms with Crippen molar-refractivity contribution in [2.75, 3.05) is 0 Å². The molecule has 6 nitrogen and oxygen atoms in total. The van der Waals surface area contributed by atoms with Gasteiger partial charge in [-0.05, 0) is 42.7 Å². The third-order valence-electron chi connectivity index (χ3n) is 4.78. The molecule has 0 aliphatic rings. The van der Waals surface area contributed by atoms with Gasteiger partial charge in [0.1, 0.15) is 22.6 Å². The monoisotopic (exact) mass is 392 g/mol. The third-order valence-corrected chi connectivity index (χ3v) is 4.78. The van der Waals surface area contributed by atoms with E-state index in [2.05, 4.69) is 0 Å². The van der Waals surface area contributed by atoms with Crippen molar-refractivity contribution in [2.45, 2.75) is 19.8 Å². The summed E-state index contributed by atoms with van der Waals surface area (Å²) in [5.74, 6) is -4.17. The van der Waals surface area contributed by atoms with Crippen LogP contribution in [0, 0.1) is 13.8 Å². The van der Waals surface area contributed by atoms with Crippen LogP contribution in [0.15, 0.2) is 54.6 Å². The van der Waals surface area contributed by atoms with Crippen LogP contribution in [0.4, 0.5) is 0 Å². The first-order chi connectivity index (χ1) is 13.7. The predicted molar refractivity (Wildman–Crippen MR) is 107 cm³/mol. The molecular formula is C23H20O6. The van der Waals surface area contributed by atoms with Crippen LogP contribution in [0.25, 0.3) is 0 Å². The molecule has 0 spiro atoms. The van der Waals surface area contributed by atoms with Crippen molar-refractivity contribution < 1.29 is 30.0 Å². The minimum Gasteiger partial charge on any atom is -0.507 e. The van der Waals surface area contributed by atoms with Gasteiger partial charge in [0.15, 0.2) is 0 Å². The lowest BCUT2D eigenvalue weighted by molar-refractivity contribution is 0.0682. The Labute approximate surface area is 167 Å². The van der Waals surface area contributed by atoms with Crippen LogP contribution >= 0.6 is 0 Å². The summed E-state index contributed by atoms with van der Waals surface area (Å²) >= 11 is 0. The van der Waals surface area contributed by atoms with E-state index in [1.807, 2.05) is 0 Å². The topological polar surface area (TPSA) is 115 Å². The SMILES string of the molecule is Cc1cc(C(=O)O)c(O)c(C(c2ccccc2)c2cc(C)cc(C(=O)O)c2O)c1. The Morgan fingerprint density at radius 2 is 1.14 bits per heavy atom. The Morgan fingerprint density at radius 3 is 1.52 bits per heavy atom. The van der Waals surface area contributed by atoms with Crippen molar-refractivity contribution in [1.29, 1.82) is 0 Å². The number of carboxylic acid groups (broad SMARTS) is 2. The number of hydrogen-bond donors (Lipinski definition) is 4. The van der Waals surface area contributed by atoms with E-state index in [1.54, 1.807) is 56.3 Å². The summed E-state index contributed by atoms with van der Waals surface area (Å²) in [4.78, 5) is 23.2. The predicted octanol–water partition coefficient (Wildman–Crippen LogP) is 4.29. The number of carbonyl (C=O) groups is 2. The van der Waals surface area contributed by atoms with Gasteiger partial charge in [-0.15, -0.1) is 0 Å². The number of rotatable bonds is 5. The second-order valence-corrected chi connectivity index (χ2v) is 6.95. The number of phenols is 2. The van der Waals surface area contributed by atoms with E-state index in [9.17, 15) is 30.0 Å². The number of benzene rings is 3. The van der Waals surface area contributed by atoms with Crippen LogP contribution in [-0.2, 0) is 0 Å². The second-order valence-electron chi connectivity index (χ2n) is 6.95. The van der Waals surface area contributed by atoms with Gasteiger partial charge in [0.2, 0.25) is 0 Å². The van der Waals surface area contributed by atoms with Gasteiger partial charge in [0, 0.05) is 17.0 Å². The molecular weight excluding hydrogens is 372 g/mol.